The first-order valence-electron chi connectivity index (χ1n) is 9.35. The Labute approximate surface area is 177 Å². The average Bonchev–Trinajstić information content (AvgIpc) is 2.58. The van der Waals surface area contributed by atoms with Crippen LogP contribution in [-0.2, 0) is 16.9 Å². The summed E-state index contributed by atoms with van der Waals surface area (Å²) in [6.45, 7) is 9.62. The molecule has 0 atom stereocenters. The van der Waals surface area contributed by atoms with Crippen molar-refractivity contribution >= 4 is 29.1 Å². The van der Waals surface area contributed by atoms with Crippen molar-refractivity contribution < 1.29 is 14.3 Å². The Kier molecular flexibility index (Phi) is 7.08. The summed E-state index contributed by atoms with van der Waals surface area (Å²) >= 11 is 4.94. The lowest BCUT2D eigenvalue weighted by Crippen LogP contribution is -2.44. The number of thiocarbonyl (C=S) groups is 1. The van der Waals surface area contributed by atoms with Gasteiger partial charge in [0, 0.05) is 11.3 Å². The van der Waals surface area contributed by atoms with Crippen LogP contribution in [0.15, 0.2) is 48.5 Å². The quantitative estimate of drug-likeness (QED) is 0.594. The van der Waals surface area contributed by atoms with Gasteiger partial charge in [0.25, 0.3) is 0 Å². The summed E-state index contributed by atoms with van der Waals surface area (Å²) in [4.78, 5) is 12.4. The molecule has 0 aliphatic rings. The third kappa shape index (κ3) is 7.27. The van der Waals surface area contributed by atoms with Gasteiger partial charge < -0.3 is 25.8 Å². The third-order valence-corrected chi connectivity index (χ3v) is 4.07. The molecule has 156 valence electrons. The van der Waals surface area contributed by atoms with E-state index in [-0.39, 0.29) is 5.11 Å². The fourth-order valence-corrected chi connectivity index (χ4v) is 2.84. The monoisotopic (exact) mass is 415 g/mol. The predicted molar refractivity (Wildman–Crippen MR) is 120 cm³/mol. The Balaban J connectivity index is 2.30. The van der Waals surface area contributed by atoms with Crippen LogP contribution >= 0.6 is 12.2 Å². The standard InChI is InChI=1S/C22H29N3O3S/c1-21(2,3)28-20(26)25-22(4,5)17-13-16(24-19(23)29)11-12-18(17)27-14-15-9-7-6-8-10-15/h6-13H,14H2,1-5H3,(H,25,26)(H3,23,24,29). The van der Waals surface area contributed by atoms with Crippen LogP contribution in [0, 0.1) is 0 Å². The summed E-state index contributed by atoms with van der Waals surface area (Å²) in [6, 6.07) is 15.4. The molecule has 4 N–H and O–H groups in total. The number of anilines is 1. The Morgan fingerprint density at radius 1 is 1.07 bits per heavy atom. The number of rotatable bonds is 6. The molecule has 0 fully saturated rings. The van der Waals surface area contributed by atoms with Crippen LogP contribution in [0.1, 0.15) is 45.7 Å². The van der Waals surface area contributed by atoms with Crippen LogP contribution in [0.25, 0.3) is 0 Å². The van der Waals surface area contributed by atoms with E-state index in [0.29, 0.717) is 18.0 Å². The van der Waals surface area contributed by atoms with E-state index in [1.807, 2.05) is 83.1 Å². The molecule has 0 bridgehead atoms. The lowest BCUT2D eigenvalue weighted by atomic mass is 9.93. The second-order valence-electron chi connectivity index (χ2n) is 8.23. The SMILES string of the molecule is CC(C)(C)OC(=O)NC(C)(C)c1cc(NC(N)=S)ccc1OCc1ccccc1. The Morgan fingerprint density at radius 3 is 2.31 bits per heavy atom. The smallest absolute Gasteiger partial charge is 0.408 e. The first-order chi connectivity index (χ1) is 13.5. The van der Waals surface area contributed by atoms with Crippen LogP contribution in [0.3, 0.4) is 0 Å². The molecule has 0 spiro atoms. The van der Waals surface area contributed by atoms with E-state index >= 15 is 0 Å². The number of carbonyl (C=O) groups excluding carboxylic acids is 1. The molecule has 0 saturated heterocycles. The zero-order chi connectivity index (χ0) is 21.7. The van der Waals surface area contributed by atoms with Crippen LogP contribution in [-0.4, -0.2) is 16.8 Å². The van der Waals surface area contributed by atoms with Gasteiger partial charge in [-0.1, -0.05) is 30.3 Å². The first-order valence-corrected chi connectivity index (χ1v) is 9.76. The highest BCUT2D eigenvalue weighted by Crippen LogP contribution is 2.33. The summed E-state index contributed by atoms with van der Waals surface area (Å²) in [5.41, 5.74) is 6.75. The van der Waals surface area contributed by atoms with E-state index < -0.39 is 17.2 Å². The molecule has 0 radical (unpaired) electrons. The van der Waals surface area contributed by atoms with Crippen molar-refractivity contribution in [3.63, 3.8) is 0 Å². The van der Waals surface area contributed by atoms with Crippen molar-refractivity contribution in [2.24, 2.45) is 5.73 Å². The second kappa shape index (κ2) is 9.13. The Morgan fingerprint density at radius 2 is 1.72 bits per heavy atom. The number of alkyl carbamates (subject to hydrolysis) is 1. The van der Waals surface area contributed by atoms with Crippen molar-refractivity contribution in [3.8, 4) is 5.75 Å². The van der Waals surface area contributed by atoms with Gasteiger partial charge in [-0.2, -0.15) is 0 Å². The molecule has 0 saturated carbocycles. The molecule has 6 nitrogen and oxygen atoms in total. The molecule has 2 aromatic rings. The Bertz CT molecular complexity index is 861. The molecule has 0 aliphatic heterocycles. The van der Waals surface area contributed by atoms with E-state index in [2.05, 4.69) is 10.6 Å². The molecule has 0 aromatic heterocycles. The fourth-order valence-electron chi connectivity index (χ4n) is 2.73. The lowest BCUT2D eigenvalue weighted by Gasteiger charge is -2.31. The topological polar surface area (TPSA) is 85.6 Å². The minimum absolute atomic E-state index is 0.159. The highest BCUT2D eigenvalue weighted by molar-refractivity contribution is 7.80. The fraction of sp³-hybridized carbons (Fsp3) is 0.364. The maximum absolute atomic E-state index is 12.4. The van der Waals surface area contributed by atoms with Crippen molar-refractivity contribution in [1.29, 1.82) is 0 Å². The summed E-state index contributed by atoms with van der Waals surface area (Å²) < 4.78 is 11.5. The highest BCUT2D eigenvalue weighted by Gasteiger charge is 2.29. The minimum atomic E-state index is -0.776. The largest absolute Gasteiger partial charge is 0.489 e. The van der Waals surface area contributed by atoms with Crippen LogP contribution in [0.5, 0.6) is 5.75 Å². The van der Waals surface area contributed by atoms with Gasteiger partial charge in [0.05, 0.1) is 5.54 Å². The summed E-state index contributed by atoms with van der Waals surface area (Å²) in [6.07, 6.45) is -0.510. The van der Waals surface area contributed by atoms with Crippen molar-refractivity contribution in [2.45, 2.75) is 52.4 Å². The molecule has 0 aliphatic carbocycles. The summed E-state index contributed by atoms with van der Waals surface area (Å²) in [5.74, 6) is 0.642. The molecule has 2 aromatic carbocycles. The van der Waals surface area contributed by atoms with Gasteiger partial charge in [-0.15, -0.1) is 0 Å². The maximum Gasteiger partial charge on any atom is 0.408 e. The molecular weight excluding hydrogens is 386 g/mol. The van der Waals surface area contributed by atoms with Gasteiger partial charge in [-0.3, -0.25) is 0 Å². The molecule has 2 rings (SSSR count). The van der Waals surface area contributed by atoms with Crippen LogP contribution < -0.4 is 21.1 Å². The first kappa shape index (κ1) is 22.5. The van der Waals surface area contributed by atoms with Gasteiger partial charge in [-0.05, 0) is 70.6 Å². The van der Waals surface area contributed by atoms with Crippen molar-refractivity contribution in [1.82, 2.24) is 5.32 Å². The normalized spacial score (nSPS) is 11.5. The van der Waals surface area contributed by atoms with Crippen LogP contribution in [0.4, 0.5) is 10.5 Å². The number of nitrogens with one attached hydrogen (secondary N) is 2. The Hall–Kier alpha value is -2.80. The van der Waals surface area contributed by atoms with Gasteiger partial charge in [-0.25, -0.2) is 4.79 Å². The molecule has 0 heterocycles. The molecule has 29 heavy (non-hydrogen) atoms. The lowest BCUT2D eigenvalue weighted by molar-refractivity contribution is 0.0469. The molecule has 0 unspecified atom stereocenters. The number of hydrogen-bond acceptors (Lipinski definition) is 4. The molecular formula is C22H29N3O3S. The van der Waals surface area contributed by atoms with E-state index in [0.717, 1.165) is 11.1 Å². The number of nitrogens with two attached hydrogens (primary N) is 1. The van der Waals surface area contributed by atoms with E-state index in [1.54, 1.807) is 0 Å². The minimum Gasteiger partial charge on any atom is -0.489 e. The van der Waals surface area contributed by atoms with Gasteiger partial charge in [0.2, 0.25) is 0 Å². The van der Waals surface area contributed by atoms with Crippen molar-refractivity contribution in [3.05, 3.63) is 59.7 Å². The van der Waals surface area contributed by atoms with E-state index in [1.165, 1.54) is 0 Å². The van der Waals surface area contributed by atoms with E-state index in [9.17, 15) is 4.79 Å². The zero-order valence-corrected chi connectivity index (χ0v) is 18.4. The van der Waals surface area contributed by atoms with Gasteiger partial charge in [0.1, 0.15) is 18.0 Å². The molecule has 1 amide bonds. The number of amides is 1. The maximum atomic E-state index is 12.4. The van der Waals surface area contributed by atoms with Gasteiger partial charge in [0.15, 0.2) is 5.11 Å². The number of carbonyl (C=O) groups is 1. The summed E-state index contributed by atoms with van der Waals surface area (Å²) in [7, 11) is 0. The third-order valence-electron chi connectivity index (χ3n) is 3.97. The van der Waals surface area contributed by atoms with Crippen LogP contribution in [0.2, 0.25) is 0 Å². The number of benzene rings is 2. The highest BCUT2D eigenvalue weighted by atomic mass is 32.1. The average molecular weight is 416 g/mol. The zero-order valence-electron chi connectivity index (χ0n) is 17.5. The van der Waals surface area contributed by atoms with Gasteiger partial charge >= 0.3 is 6.09 Å². The number of hydrogen-bond donors (Lipinski definition) is 3. The van der Waals surface area contributed by atoms with Crippen molar-refractivity contribution in [2.75, 3.05) is 5.32 Å². The van der Waals surface area contributed by atoms with E-state index in [4.69, 9.17) is 27.4 Å². The summed E-state index contributed by atoms with van der Waals surface area (Å²) in [5, 5.41) is 5.99. The second-order valence-corrected chi connectivity index (χ2v) is 8.67. The predicted octanol–water partition coefficient (Wildman–Crippen LogP) is 4.68. The molecule has 7 heteroatoms. The number of ether oxygens (including phenoxy) is 2.